The van der Waals surface area contributed by atoms with Crippen LogP contribution in [0.15, 0.2) is 48.5 Å². The second-order valence-corrected chi connectivity index (χ2v) is 13.2. The van der Waals surface area contributed by atoms with E-state index in [2.05, 4.69) is 23.5 Å². The molecule has 2 aliphatic heterocycles. The zero-order valence-electron chi connectivity index (χ0n) is 26.1. The van der Waals surface area contributed by atoms with Gasteiger partial charge in [0.25, 0.3) is 11.8 Å². The maximum atomic E-state index is 13.4. The third-order valence-electron chi connectivity index (χ3n) is 7.83. The lowest BCUT2D eigenvalue weighted by Gasteiger charge is -2.29. The Bertz CT molecular complexity index is 1380. The summed E-state index contributed by atoms with van der Waals surface area (Å²) in [5.74, 6) is -2.00. The zero-order valence-corrected chi connectivity index (χ0v) is 26.1. The van der Waals surface area contributed by atoms with Gasteiger partial charge in [0.1, 0.15) is 0 Å². The number of fused-ring (bicyclic) bond motifs is 2. The van der Waals surface area contributed by atoms with Crippen molar-refractivity contribution >= 4 is 35.3 Å². The van der Waals surface area contributed by atoms with Crippen LogP contribution in [-0.2, 0) is 52.9 Å². The van der Waals surface area contributed by atoms with E-state index in [4.69, 9.17) is 9.57 Å². The number of carbonyl (C=O) groups excluding carboxylic acids is 5. The normalized spacial score (nSPS) is 15.3. The van der Waals surface area contributed by atoms with Crippen molar-refractivity contribution in [2.45, 2.75) is 79.2 Å². The van der Waals surface area contributed by atoms with Crippen LogP contribution in [0.1, 0.15) is 76.5 Å². The molecular weight excluding hydrogens is 562 g/mol. The number of hydrogen-bond donors (Lipinski definition) is 1. The van der Waals surface area contributed by atoms with Crippen LogP contribution in [-0.4, -0.2) is 54.4 Å². The lowest BCUT2D eigenvalue weighted by molar-refractivity contribution is -0.199. The van der Waals surface area contributed by atoms with Crippen LogP contribution in [0.5, 0.6) is 0 Å². The molecule has 2 heterocycles. The average molecular weight is 606 g/mol. The molecule has 1 fully saturated rings. The molecule has 0 unspecified atom stereocenters. The van der Waals surface area contributed by atoms with Gasteiger partial charge in [0.2, 0.25) is 11.8 Å². The predicted molar refractivity (Wildman–Crippen MR) is 164 cm³/mol. The fraction of sp³-hybridized carbons (Fsp3) is 0.500. The van der Waals surface area contributed by atoms with Crippen molar-refractivity contribution in [3.8, 4) is 0 Å². The molecule has 1 N–H and O–H groups in total. The summed E-state index contributed by atoms with van der Waals surface area (Å²) in [7, 11) is 0. The standard InChI is InChI=1S/C34H43N3O7/c1-33(2,19-32(42)44-37-30(40)17-18-31(37)41)22-43-23-34(3,4)21-35-28(38)15-16-29(39)36-20-26-11-6-5-9-24(26)13-14-25-10-7-8-12-27(25)36/h5-12H,13-23H2,1-4H3,(H,35,38). The lowest BCUT2D eigenvalue weighted by atomic mass is 9.90. The molecule has 2 aliphatic rings. The number of benzene rings is 2. The molecule has 10 heteroatoms. The van der Waals surface area contributed by atoms with Crippen LogP contribution >= 0.6 is 0 Å². The first-order chi connectivity index (χ1) is 20.8. The summed E-state index contributed by atoms with van der Waals surface area (Å²) >= 11 is 0. The minimum Gasteiger partial charge on any atom is -0.380 e. The van der Waals surface area contributed by atoms with E-state index in [0.29, 0.717) is 24.8 Å². The van der Waals surface area contributed by atoms with Crippen LogP contribution < -0.4 is 10.2 Å². The Morgan fingerprint density at radius 3 is 2.07 bits per heavy atom. The van der Waals surface area contributed by atoms with E-state index < -0.39 is 28.6 Å². The number of aryl methyl sites for hydroxylation is 2. The summed E-state index contributed by atoms with van der Waals surface area (Å²) in [5, 5.41) is 3.48. The molecule has 0 atom stereocenters. The maximum Gasteiger partial charge on any atom is 0.333 e. The maximum absolute atomic E-state index is 13.4. The van der Waals surface area contributed by atoms with Gasteiger partial charge < -0.3 is 19.8 Å². The minimum absolute atomic E-state index is 0.0394. The number of nitrogens with one attached hydrogen (secondary N) is 1. The SMILES string of the molecule is CC(C)(CNC(=O)CCC(=O)N1Cc2ccccc2CCc2ccccc21)COCC(C)(C)CC(=O)ON1C(=O)CCC1=O. The fourth-order valence-electron chi connectivity index (χ4n) is 5.36. The Morgan fingerprint density at radius 1 is 0.773 bits per heavy atom. The number of hydrogen-bond acceptors (Lipinski definition) is 7. The number of ether oxygens (including phenoxy) is 1. The molecule has 4 rings (SSSR count). The monoisotopic (exact) mass is 605 g/mol. The smallest absolute Gasteiger partial charge is 0.333 e. The molecule has 236 valence electrons. The average Bonchev–Trinajstić information content (AvgIpc) is 3.27. The van der Waals surface area contributed by atoms with Gasteiger partial charge in [0.15, 0.2) is 0 Å². The van der Waals surface area contributed by atoms with E-state index in [9.17, 15) is 24.0 Å². The molecule has 10 nitrogen and oxygen atoms in total. The minimum atomic E-state index is -0.674. The molecule has 0 spiro atoms. The van der Waals surface area contributed by atoms with Gasteiger partial charge in [-0.2, -0.15) is 0 Å². The van der Waals surface area contributed by atoms with Crippen LogP contribution in [0, 0.1) is 10.8 Å². The van der Waals surface area contributed by atoms with Crippen LogP contribution in [0.3, 0.4) is 0 Å². The van der Waals surface area contributed by atoms with E-state index >= 15 is 0 Å². The number of anilines is 1. The molecule has 0 aromatic heterocycles. The summed E-state index contributed by atoms with van der Waals surface area (Å²) in [4.78, 5) is 68.7. The second-order valence-electron chi connectivity index (χ2n) is 13.2. The molecule has 2 aromatic carbocycles. The van der Waals surface area contributed by atoms with Crippen molar-refractivity contribution in [3.63, 3.8) is 0 Å². The van der Waals surface area contributed by atoms with Gasteiger partial charge in [-0.25, -0.2) is 4.79 Å². The highest BCUT2D eigenvalue weighted by molar-refractivity contribution is 6.01. The Balaban J connectivity index is 1.21. The molecule has 0 radical (unpaired) electrons. The second kappa shape index (κ2) is 14.2. The Kier molecular flexibility index (Phi) is 10.6. The molecule has 2 aromatic rings. The Labute approximate surface area is 259 Å². The molecular formula is C34H43N3O7. The topological polar surface area (TPSA) is 122 Å². The quantitative estimate of drug-likeness (QED) is 0.359. The summed E-state index contributed by atoms with van der Waals surface area (Å²) in [6, 6.07) is 16.2. The fourth-order valence-corrected chi connectivity index (χ4v) is 5.36. The number of para-hydroxylation sites is 1. The third-order valence-corrected chi connectivity index (χ3v) is 7.83. The van der Waals surface area contributed by atoms with Crippen LogP contribution in [0.4, 0.5) is 5.69 Å². The number of hydroxylamine groups is 2. The molecule has 0 saturated carbocycles. The van der Waals surface area contributed by atoms with Gasteiger partial charge in [-0.3, -0.25) is 19.2 Å². The summed E-state index contributed by atoms with van der Waals surface area (Å²) in [6.45, 7) is 8.95. The van der Waals surface area contributed by atoms with Crippen molar-refractivity contribution in [2.24, 2.45) is 10.8 Å². The van der Waals surface area contributed by atoms with Crippen LogP contribution in [0.2, 0.25) is 0 Å². The molecule has 1 saturated heterocycles. The number of imide groups is 1. The first kappa shape index (κ1) is 32.9. The van der Waals surface area contributed by atoms with Gasteiger partial charge in [0, 0.05) is 43.3 Å². The lowest BCUT2D eigenvalue weighted by Crippen LogP contribution is -2.39. The van der Waals surface area contributed by atoms with Crippen molar-refractivity contribution in [3.05, 3.63) is 65.2 Å². The summed E-state index contributed by atoms with van der Waals surface area (Å²) in [5.41, 5.74) is 3.38. The number of rotatable bonds is 12. The van der Waals surface area contributed by atoms with E-state index in [1.807, 2.05) is 58.0 Å². The molecule has 4 amide bonds. The predicted octanol–water partition coefficient (Wildman–Crippen LogP) is 4.28. The van der Waals surface area contributed by atoms with Gasteiger partial charge in [0.05, 0.1) is 26.2 Å². The highest BCUT2D eigenvalue weighted by Crippen LogP contribution is 2.29. The van der Waals surface area contributed by atoms with E-state index in [1.165, 1.54) is 5.56 Å². The van der Waals surface area contributed by atoms with Crippen LogP contribution in [0.25, 0.3) is 0 Å². The Morgan fingerprint density at radius 2 is 1.36 bits per heavy atom. The van der Waals surface area contributed by atoms with E-state index in [-0.39, 0.29) is 50.5 Å². The third kappa shape index (κ3) is 8.98. The van der Waals surface area contributed by atoms with Crippen molar-refractivity contribution in [1.29, 1.82) is 0 Å². The highest BCUT2D eigenvalue weighted by Gasteiger charge is 2.35. The zero-order chi connectivity index (χ0) is 31.9. The highest BCUT2D eigenvalue weighted by atomic mass is 16.7. The summed E-state index contributed by atoms with van der Waals surface area (Å²) in [6.07, 6.45) is 1.99. The number of carbonyl (C=O) groups is 5. The largest absolute Gasteiger partial charge is 0.380 e. The molecule has 0 aliphatic carbocycles. The van der Waals surface area contributed by atoms with Gasteiger partial charge in [-0.1, -0.05) is 70.2 Å². The molecule has 0 bridgehead atoms. The first-order valence-corrected chi connectivity index (χ1v) is 15.2. The Hall–Kier alpha value is -4.05. The number of nitrogens with zero attached hydrogens (tertiary/aromatic N) is 2. The van der Waals surface area contributed by atoms with Gasteiger partial charge in [-0.15, -0.1) is 5.06 Å². The van der Waals surface area contributed by atoms with E-state index in [1.54, 1.807) is 4.90 Å². The van der Waals surface area contributed by atoms with E-state index in [0.717, 1.165) is 29.7 Å². The molecule has 44 heavy (non-hydrogen) atoms. The number of amides is 4. The van der Waals surface area contributed by atoms with Crippen molar-refractivity contribution in [1.82, 2.24) is 10.4 Å². The van der Waals surface area contributed by atoms with Crippen molar-refractivity contribution in [2.75, 3.05) is 24.7 Å². The van der Waals surface area contributed by atoms with Gasteiger partial charge in [-0.05, 0) is 41.0 Å². The van der Waals surface area contributed by atoms with Gasteiger partial charge >= 0.3 is 5.97 Å². The first-order valence-electron chi connectivity index (χ1n) is 15.2. The summed E-state index contributed by atoms with van der Waals surface area (Å²) < 4.78 is 5.90. The van der Waals surface area contributed by atoms with Crippen molar-refractivity contribution < 1.29 is 33.5 Å².